The lowest BCUT2D eigenvalue weighted by atomic mass is 9.78. The van der Waals surface area contributed by atoms with Crippen LogP contribution in [0.3, 0.4) is 0 Å². The van der Waals surface area contributed by atoms with Crippen LogP contribution in [0.25, 0.3) is 0 Å². The SMILES string of the molecule is CCn1ncnc1CC1(C#N)CCOCC1. The third kappa shape index (κ3) is 2.07. The van der Waals surface area contributed by atoms with Crippen LogP contribution >= 0.6 is 0 Å². The van der Waals surface area contributed by atoms with Crippen LogP contribution in [-0.4, -0.2) is 28.0 Å². The maximum atomic E-state index is 9.34. The van der Waals surface area contributed by atoms with Gasteiger partial charge in [-0.2, -0.15) is 10.4 Å². The molecule has 5 nitrogen and oxygen atoms in total. The van der Waals surface area contributed by atoms with Gasteiger partial charge in [0, 0.05) is 26.2 Å². The predicted molar refractivity (Wildman–Crippen MR) is 57.5 cm³/mol. The quantitative estimate of drug-likeness (QED) is 0.766. The summed E-state index contributed by atoms with van der Waals surface area (Å²) in [5.74, 6) is 0.908. The standard InChI is InChI=1S/C11H16N4O/c1-2-15-10(13-9-14-15)7-11(8-12)3-5-16-6-4-11/h9H,2-7H2,1H3. The van der Waals surface area contributed by atoms with Crippen molar-refractivity contribution < 1.29 is 4.74 Å². The fourth-order valence-electron chi connectivity index (χ4n) is 2.08. The number of rotatable bonds is 3. The minimum Gasteiger partial charge on any atom is -0.381 e. The third-order valence-corrected chi connectivity index (χ3v) is 3.18. The molecule has 86 valence electrons. The minimum atomic E-state index is -0.307. The van der Waals surface area contributed by atoms with Crippen LogP contribution in [0.1, 0.15) is 25.6 Å². The van der Waals surface area contributed by atoms with E-state index in [1.807, 2.05) is 11.6 Å². The number of aromatic nitrogens is 3. The molecule has 1 saturated heterocycles. The number of ether oxygens (including phenoxy) is 1. The van der Waals surface area contributed by atoms with Crippen LogP contribution in [0.15, 0.2) is 6.33 Å². The molecular formula is C11H16N4O. The van der Waals surface area contributed by atoms with Crippen molar-refractivity contribution in [2.75, 3.05) is 13.2 Å². The van der Waals surface area contributed by atoms with Gasteiger partial charge >= 0.3 is 0 Å². The molecule has 1 aliphatic rings. The van der Waals surface area contributed by atoms with Crippen molar-refractivity contribution in [2.45, 2.75) is 32.7 Å². The van der Waals surface area contributed by atoms with Gasteiger partial charge in [0.1, 0.15) is 12.2 Å². The van der Waals surface area contributed by atoms with Gasteiger partial charge in [-0.15, -0.1) is 0 Å². The Kier molecular flexibility index (Phi) is 3.20. The average molecular weight is 220 g/mol. The Morgan fingerprint density at radius 3 is 2.94 bits per heavy atom. The van der Waals surface area contributed by atoms with Crippen molar-refractivity contribution in [2.24, 2.45) is 5.41 Å². The number of hydrogen-bond donors (Lipinski definition) is 0. The van der Waals surface area contributed by atoms with Gasteiger partial charge in [-0.3, -0.25) is 4.68 Å². The van der Waals surface area contributed by atoms with E-state index < -0.39 is 0 Å². The number of aryl methyl sites for hydroxylation is 1. The minimum absolute atomic E-state index is 0.307. The molecule has 1 aromatic rings. The van der Waals surface area contributed by atoms with Gasteiger partial charge < -0.3 is 4.74 Å². The second-order valence-electron chi connectivity index (χ2n) is 4.17. The first-order chi connectivity index (χ1) is 7.79. The molecule has 0 N–H and O–H groups in total. The summed E-state index contributed by atoms with van der Waals surface area (Å²) < 4.78 is 7.16. The van der Waals surface area contributed by atoms with Crippen LogP contribution in [0.5, 0.6) is 0 Å². The molecule has 1 fully saturated rings. The van der Waals surface area contributed by atoms with Crippen LogP contribution in [0.2, 0.25) is 0 Å². The fourth-order valence-corrected chi connectivity index (χ4v) is 2.08. The Labute approximate surface area is 95.0 Å². The highest BCUT2D eigenvalue weighted by atomic mass is 16.5. The van der Waals surface area contributed by atoms with Crippen LogP contribution in [0, 0.1) is 16.7 Å². The average Bonchev–Trinajstić information content (AvgIpc) is 2.77. The number of nitriles is 1. The van der Waals surface area contributed by atoms with Crippen LogP contribution < -0.4 is 0 Å². The fraction of sp³-hybridized carbons (Fsp3) is 0.727. The molecule has 0 bridgehead atoms. The van der Waals surface area contributed by atoms with Gasteiger partial charge in [0.25, 0.3) is 0 Å². The lowest BCUT2D eigenvalue weighted by Gasteiger charge is -2.30. The van der Waals surface area contributed by atoms with E-state index in [9.17, 15) is 5.26 Å². The highest BCUT2D eigenvalue weighted by Gasteiger charge is 2.34. The molecule has 1 aliphatic heterocycles. The van der Waals surface area contributed by atoms with Crippen molar-refractivity contribution >= 4 is 0 Å². The van der Waals surface area contributed by atoms with E-state index >= 15 is 0 Å². The highest BCUT2D eigenvalue weighted by molar-refractivity contribution is 5.06. The molecule has 2 heterocycles. The maximum Gasteiger partial charge on any atom is 0.138 e. The van der Waals surface area contributed by atoms with Gasteiger partial charge in [0.2, 0.25) is 0 Å². The smallest absolute Gasteiger partial charge is 0.138 e. The summed E-state index contributed by atoms with van der Waals surface area (Å²) in [6, 6.07) is 2.45. The first kappa shape index (κ1) is 11.1. The number of hydrogen-bond acceptors (Lipinski definition) is 4. The van der Waals surface area contributed by atoms with E-state index in [2.05, 4.69) is 16.2 Å². The molecule has 2 rings (SSSR count). The van der Waals surface area contributed by atoms with E-state index in [-0.39, 0.29) is 5.41 Å². The molecule has 0 radical (unpaired) electrons. The molecule has 0 saturated carbocycles. The molecule has 0 spiro atoms. The van der Waals surface area contributed by atoms with Crippen LogP contribution in [0.4, 0.5) is 0 Å². The summed E-state index contributed by atoms with van der Waals surface area (Å²) in [6.45, 7) is 4.18. The first-order valence-corrected chi connectivity index (χ1v) is 5.65. The lowest BCUT2D eigenvalue weighted by molar-refractivity contribution is 0.0394. The van der Waals surface area contributed by atoms with Gasteiger partial charge in [-0.1, -0.05) is 0 Å². The summed E-state index contributed by atoms with van der Waals surface area (Å²) in [4.78, 5) is 4.23. The van der Waals surface area contributed by atoms with E-state index in [1.54, 1.807) is 6.33 Å². The lowest BCUT2D eigenvalue weighted by Crippen LogP contribution is -2.31. The normalized spacial score (nSPS) is 19.2. The van der Waals surface area contributed by atoms with Gasteiger partial charge in [0.05, 0.1) is 11.5 Å². The molecule has 1 aromatic heterocycles. The zero-order valence-corrected chi connectivity index (χ0v) is 9.52. The Balaban J connectivity index is 2.15. The third-order valence-electron chi connectivity index (χ3n) is 3.18. The topological polar surface area (TPSA) is 63.7 Å². The van der Waals surface area contributed by atoms with E-state index in [4.69, 9.17) is 4.74 Å². The summed E-state index contributed by atoms with van der Waals surface area (Å²) in [6.07, 6.45) is 3.82. The van der Waals surface area contributed by atoms with Gasteiger partial charge in [-0.05, 0) is 19.8 Å². The summed E-state index contributed by atoms with van der Waals surface area (Å²) in [5.41, 5.74) is -0.307. The van der Waals surface area contributed by atoms with E-state index in [0.717, 1.165) is 25.2 Å². The van der Waals surface area contributed by atoms with E-state index in [1.165, 1.54) is 0 Å². The Morgan fingerprint density at radius 2 is 2.31 bits per heavy atom. The molecule has 0 aromatic carbocycles. The van der Waals surface area contributed by atoms with Gasteiger partial charge in [-0.25, -0.2) is 4.98 Å². The van der Waals surface area contributed by atoms with Gasteiger partial charge in [0.15, 0.2) is 0 Å². The Morgan fingerprint density at radius 1 is 1.56 bits per heavy atom. The Bertz CT molecular complexity index is 387. The second-order valence-corrected chi connectivity index (χ2v) is 4.17. The van der Waals surface area contributed by atoms with E-state index in [0.29, 0.717) is 19.6 Å². The molecule has 0 amide bonds. The first-order valence-electron chi connectivity index (χ1n) is 5.65. The van der Waals surface area contributed by atoms with Crippen molar-refractivity contribution in [3.63, 3.8) is 0 Å². The molecule has 0 atom stereocenters. The maximum absolute atomic E-state index is 9.34. The van der Waals surface area contributed by atoms with Crippen molar-refractivity contribution in [3.8, 4) is 6.07 Å². The van der Waals surface area contributed by atoms with Crippen molar-refractivity contribution in [1.82, 2.24) is 14.8 Å². The number of nitrogens with zero attached hydrogens (tertiary/aromatic N) is 4. The molecular weight excluding hydrogens is 204 g/mol. The largest absolute Gasteiger partial charge is 0.381 e. The zero-order chi connectivity index (χ0) is 11.4. The highest BCUT2D eigenvalue weighted by Crippen LogP contribution is 2.32. The summed E-state index contributed by atoms with van der Waals surface area (Å²) in [7, 11) is 0. The molecule has 0 aliphatic carbocycles. The summed E-state index contributed by atoms with van der Waals surface area (Å²) in [5, 5.41) is 13.5. The second kappa shape index (κ2) is 4.62. The molecule has 5 heteroatoms. The Hall–Kier alpha value is -1.41. The summed E-state index contributed by atoms with van der Waals surface area (Å²) >= 11 is 0. The molecule has 0 unspecified atom stereocenters. The molecule has 16 heavy (non-hydrogen) atoms. The van der Waals surface area contributed by atoms with Crippen LogP contribution in [-0.2, 0) is 17.7 Å². The zero-order valence-electron chi connectivity index (χ0n) is 9.52. The predicted octanol–water partition coefficient (Wildman–Crippen LogP) is 1.16. The van der Waals surface area contributed by atoms with Crippen molar-refractivity contribution in [1.29, 1.82) is 5.26 Å². The monoisotopic (exact) mass is 220 g/mol. The van der Waals surface area contributed by atoms with Crippen molar-refractivity contribution in [3.05, 3.63) is 12.2 Å².